The van der Waals surface area contributed by atoms with Crippen molar-refractivity contribution in [2.45, 2.75) is 6.54 Å². The summed E-state index contributed by atoms with van der Waals surface area (Å²) in [6.45, 7) is 1.15. The van der Waals surface area contributed by atoms with E-state index in [0.717, 1.165) is 22.9 Å². The van der Waals surface area contributed by atoms with Gasteiger partial charge in [-0.1, -0.05) is 30.3 Å². The zero-order chi connectivity index (χ0) is 13.1. The van der Waals surface area contributed by atoms with E-state index >= 15 is 0 Å². The van der Waals surface area contributed by atoms with Gasteiger partial charge in [0.1, 0.15) is 6.33 Å². The minimum Gasteiger partial charge on any atom is -0.381 e. The van der Waals surface area contributed by atoms with Crippen LogP contribution in [0.3, 0.4) is 0 Å². The monoisotopic (exact) mass is 254 g/mol. The molecule has 0 spiro atoms. The Bertz CT molecular complexity index is 597. The van der Waals surface area contributed by atoms with Crippen LogP contribution in [0.15, 0.2) is 48.9 Å². The summed E-state index contributed by atoms with van der Waals surface area (Å²) in [5.41, 5.74) is 2.96. The van der Waals surface area contributed by atoms with Gasteiger partial charge in [0.05, 0.1) is 12.1 Å². The molecule has 2 aromatic rings. The maximum Gasteiger partial charge on any atom is 0.165 e. The molecule has 0 saturated carbocycles. The first-order valence-corrected chi connectivity index (χ1v) is 6.09. The van der Waals surface area contributed by atoms with Crippen LogP contribution in [0, 0.1) is 0 Å². The van der Waals surface area contributed by atoms with Crippen molar-refractivity contribution in [3.8, 4) is 0 Å². The third-order valence-corrected chi connectivity index (χ3v) is 3.02. The topological polar surface area (TPSA) is 61.3 Å². The predicted molar refractivity (Wildman–Crippen MR) is 72.4 cm³/mol. The van der Waals surface area contributed by atoms with Crippen molar-refractivity contribution in [2.75, 3.05) is 11.6 Å². The largest absolute Gasteiger partial charge is 0.381 e. The predicted octanol–water partition coefficient (Wildman–Crippen LogP) is 1.82. The van der Waals surface area contributed by atoms with Crippen LogP contribution in [0.5, 0.6) is 0 Å². The molecule has 0 bridgehead atoms. The van der Waals surface area contributed by atoms with Crippen molar-refractivity contribution in [1.82, 2.24) is 15.3 Å². The second kappa shape index (κ2) is 5.07. The van der Waals surface area contributed by atoms with Gasteiger partial charge in [-0.05, 0) is 11.6 Å². The van der Waals surface area contributed by atoms with Gasteiger partial charge in [0, 0.05) is 18.4 Å². The summed E-state index contributed by atoms with van der Waals surface area (Å²) < 4.78 is 0. The Morgan fingerprint density at radius 2 is 2.11 bits per heavy atom. The first-order chi connectivity index (χ1) is 9.34. The first-order valence-electron chi connectivity index (χ1n) is 6.09. The number of fused-ring (bicyclic) bond motifs is 1. The lowest BCUT2D eigenvalue weighted by molar-refractivity contribution is 0.261. The molecule has 3 rings (SSSR count). The maximum atomic E-state index is 9.74. The normalized spacial score (nSPS) is 13.7. The molecule has 0 saturated heterocycles. The van der Waals surface area contributed by atoms with Crippen molar-refractivity contribution in [3.63, 3.8) is 0 Å². The maximum absolute atomic E-state index is 9.74. The zero-order valence-electron chi connectivity index (χ0n) is 10.3. The van der Waals surface area contributed by atoms with E-state index < -0.39 is 0 Å². The van der Waals surface area contributed by atoms with Crippen molar-refractivity contribution in [2.24, 2.45) is 0 Å². The molecule has 2 N–H and O–H groups in total. The number of aromatic nitrogens is 2. The molecule has 0 radical (unpaired) electrons. The molecule has 1 aromatic carbocycles. The van der Waals surface area contributed by atoms with E-state index in [-0.39, 0.29) is 0 Å². The minimum atomic E-state index is 0.418. The van der Waals surface area contributed by atoms with Crippen LogP contribution >= 0.6 is 0 Å². The Kier molecular flexibility index (Phi) is 3.12. The fourth-order valence-electron chi connectivity index (χ4n) is 2.05. The number of nitrogens with one attached hydrogen (secondary N) is 1. The Balaban J connectivity index is 1.79. The van der Waals surface area contributed by atoms with Crippen LogP contribution in [0.2, 0.25) is 0 Å². The highest BCUT2D eigenvalue weighted by Crippen LogP contribution is 2.25. The van der Waals surface area contributed by atoms with Gasteiger partial charge in [-0.15, -0.1) is 0 Å². The fraction of sp³-hybridized carbons (Fsp3) is 0.143. The molecule has 19 heavy (non-hydrogen) atoms. The number of hydroxylamine groups is 1. The minimum absolute atomic E-state index is 0.418. The van der Waals surface area contributed by atoms with Crippen LogP contribution in [0.4, 0.5) is 5.82 Å². The molecule has 0 aliphatic carbocycles. The summed E-state index contributed by atoms with van der Waals surface area (Å²) in [7, 11) is 0. The number of nitrogens with zero attached hydrogens (tertiary/aromatic N) is 3. The third kappa shape index (κ3) is 2.41. The lowest BCUT2D eigenvalue weighted by atomic mass is 10.1. The van der Waals surface area contributed by atoms with E-state index in [1.165, 1.54) is 11.9 Å². The first kappa shape index (κ1) is 11.7. The van der Waals surface area contributed by atoms with Gasteiger partial charge in [0.15, 0.2) is 5.82 Å². The molecule has 0 fully saturated rings. The van der Waals surface area contributed by atoms with Crippen molar-refractivity contribution < 1.29 is 5.21 Å². The number of hydrogen-bond acceptors (Lipinski definition) is 5. The number of anilines is 1. The van der Waals surface area contributed by atoms with Crippen LogP contribution in [0.25, 0.3) is 5.70 Å². The van der Waals surface area contributed by atoms with Crippen LogP contribution in [-0.2, 0) is 6.54 Å². The summed E-state index contributed by atoms with van der Waals surface area (Å²) in [4.78, 5) is 8.10. The van der Waals surface area contributed by atoms with E-state index in [1.54, 1.807) is 6.20 Å². The molecule has 0 amide bonds. The molecule has 2 heterocycles. The standard InChI is InChI=1S/C14H14N4O/c19-18-7-6-13(12-9-15-10-17-14(12)18)16-8-11-4-2-1-3-5-11/h1-6,9-10,16,19H,7-8H2. The van der Waals surface area contributed by atoms with Crippen LogP contribution in [0.1, 0.15) is 11.1 Å². The summed E-state index contributed by atoms with van der Waals surface area (Å²) in [5, 5.41) is 14.2. The average Bonchev–Trinajstić information content (AvgIpc) is 2.48. The summed E-state index contributed by atoms with van der Waals surface area (Å²) in [6.07, 6.45) is 5.06. The van der Waals surface area contributed by atoms with Gasteiger partial charge in [0.2, 0.25) is 0 Å². The van der Waals surface area contributed by atoms with E-state index in [1.807, 2.05) is 24.3 Å². The van der Waals surface area contributed by atoms with Crippen LogP contribution < -0.4 is 10.4 Å². The molecular formula is C14H14N4O. The van der Waals surface area contributed by atoms with Gasteiger partial charge in [-0.3, -0.25) is 5.21 Å². The second-order valence-electron chi connectivity index (χ2n) is 4.30. The van der Waals surface area contributed by atoms with Gasteiger partial charge in [0.25, 0.3) is 0 Å². The molecule has 1 aliphatic heterocycles. The van der Waals surface area contributed by atoms with E-state index in [9.17, 15) is 5.21 Å². The van der Waals surface area contributed by atoms with Crippen LogP contribution in [-0.4, -0.2) is 21.7 Å². The number of benzene rings is 1. The summed E-state index contributed by atoms with van der Waals surface area (Å²) >= 11 is 0. The second-order valence-corrected chi connectivity index (χ2v) is 4.30. The van der Waals surface area contributed by atoms with Gasteiger partial charge in [-0.2, -0.15) is 0 Å². The highest BCUT2D eigenvalue weighted by Gasteiger charge is 2.18. The Morgan fingerprint density at radius 3 is 2.95 bits per heavy atom. The average molecular weight is 254 g/mol. The zero-order valence-corrected chi connectivity index (χ0v) is 10.3. The smallest absolute Gasteiger partial charge is 0.165 e. The van der Waals surface area contributed by atoms with E-state index in [4.69, 9.17) is 0 Å². The molecule has 5 heteroatoms. The Labute approximate surface area is 111 Å². The molecule has 0 atom stereocenters. The highest BCUT2D eigenvalue weighted by molar-refractivity contribution is 5.75. The van der Waals surface area contributed by atoms with Gasteiger partial charge < -0.3 is 5.32 Å². The molecule has 96 valence electrons. The molecule has 1 aromatic heterocycles. The number of rotatable bonds is 3. The fourth-order valence-corrected chi connectivity index (χ4v) is 2.05. The Morgan fingerprint density at radius 1 is 1.26 bits per heavy atom. The van der Waals surface area contributed by atoms with Gasteiger partial charge in [-0.25, -0.2) is 15.0 Å². The van der Waals surface area contributed by atoms with Crippen molar-refractivity contribution in [3.05, 3.63) is 60.1 Å². The molecular weight excluding hydrogens is 240 g/mol. The Hall–Kier alpha value is -2.40. The lowest BCUT2D eigenvalue weighted by Crippen LogP contribution is -2.27. The summed E-state index contributed by atoms with van der Waals surface area (Å²) in [6, 6.07) is 10.2. The lowest BCUT2D eigenvalue weighted by Gasteiger charge is -2.24. The van der Waals surface area contributed by atoms with E-state index in [2.05, 4.69) is 27.4 Å². The SMILES string of the molecule is ON1CC=C(NCc2ccccc2)c2cncnc21. The van der Waals surface area contributed by atoms with E-state index in [0.29, 0.717) is 12.4 Å². The molecule has 0 unspecified atom stereocenters. The van der Waals surface area contributed by atoms with Crippen molar-refractivity contribution >= 4 is 11.5 Å². The number of hydrogen-bond donors (Lipinski definition) is 2. The molecule has 5 nitrogen and oxygen atoms in total. The quantitative estimate of drug-likeness (QED) is 0.874. The molecule has 1 aliphatic rings. The van der Waals surface area contributed by atoms with Crippen molar-refractivity contribution in [1.29, 1.82) is 0 Å². The highest BCUT2D eigenvalue weighted by atomic mass is 16.5. The third-order valence-electron chi connectivity index (χ3n) is 3.02. The summed E-state index contributed by atoms with van der Waals surface area (Å²) in [5.74, 6) is 0.535. The van der Waals surface area contributed by atoms with Gasteiger partial charge >= 0.3 is 0 Å².